The number of thiocarbonyl (C=S) groups is 1. The van der Waals surface area contributed by atoms with E-state index in [2.05, 4.69) is 101 Å². The largest absolute Gasteiger partial charge is 0.378 e. The molecule has 0 radical (unpaired) electrons. The van der Waals surface area contributed by atoms with E-state index in [1.807, 2.05) is 18.3 Å². The molecule has 29 heavy (non-hydrogen) atoms. The summed E-state index contributed by atoms with van der Waals surface area (Å²) >= 11 is 5.72. The molecule has 5 nitrogen and oxygen atoms in total. The van der Waals surface area contributed by atoms with Gasteiger partial charge in [-0.05, 0) is 74.6 Å². The number of benzene rings is 1. The predicted molar refractivity (Wildman–Crippen MR) is 123 cm³/mol. The van der Waals surface area contributed by atoms with E-state index in [1.165, 1.54) is 11.4 Å². The summed E-state index contributed by atoms with van der Waals surface area (Å²) < 4.78 is 2.26. The molecule has 1 fully saturated rings. The SMILES string of the molecule is CC(C)N1C(=S)N[C@@H](c2ccccn2)[C@H]1c1cccn1-c1ccc(N(C)C)cc1. The third kappa shape index (κ3) is 3.60. The topological polar surface area (TPSA) is 36.3 Å². The van der Waals surface area contributed by atoms with E-state index in [0.717, 1.165) is 16.5 Å². The maximum Gasteiger partial charge on any atom is 0.170 e. The standard InChI is InChI=1S/C23H27N5S/c1-16(2)28-22(21(25-23(28)29)19-8-5-6-14-24-19)20-9-7-15-27(20)18-12-10-17(11-13-18)26(3)4/h5-16,21-22H,1-4H3,(H,25,29)/t21-,22+/m0/s1. The number of nitrogens with zero attached hydrogens (tertiary/aromatic N) is 4. The van der Waals surface area contributed by atoms with Gasteiger partial charge in [-0.2, -0.15) is 0 Å². The van der Waals surface area contributed by atoms with Crippen LogP contribution in [0.1, 0.15) is 37.3 Å². The first-order valence-electron chi connectivity index (χ1n) is 9.92. The minimum atomic E-state index is 0.000739. The van der Waals surface area contributed by atoms with Gasteiger partial charge in [-0.3, -0.25) is 4.98 Å². The first-order valence-corrected chi connectivity index (χ1v) is 10.3. The fraction of sp³-hybridized carbons (Fsp3) is 0.304. The number of hydrogen-bond donors (Lipinski definition) is 1. The van der Waals surface area contributed by atoms with Gasteiger partial charge in [0.05, 0.1) is 17.8 Å². The van der Waals surface area contributed by atoms with Crippen molar-refractivity contribution in [2.75, 3.05) is 19.0 Å². The van der Waals surface area contributed by atoms with Gasteiger partial charge in [0.25, 0.3) is 0 Å². The summed E-state index contributed by atoms with van der Waals surface area (Å²) in [5.41, 5.74) is 4.51. The Balaban J connectivity index is 1.79. The van der Waals surface area contributed by atoms with Crippen molar-refractivity contribution in [2.24, 2.45) is 0 Å². The van der Waals surface area contributed by atoms with Gasteiger partial charge in [0.2, 0.25) is 0 Å². The number of rotatable bonds is 5. The molecule has 0 bridgehead atoms. The highest BCUT2D eigenvalue weighted by Crippen LogP contribution is 2.40. The lowest BCUT2D eigenvalue weighted by Gasteiger charge is -2.31. The van der Waals surface area contributed by atoms with E-state index in [-0.39, 0.29) is 18.1 Å². The Labute approximate surface area is 178 Å². The van der Waals surface area contributed by atoms with Gasteiger partial charge in [0.1, 0.15) is 0 Å². The summed E-state index contributed by atoms with van der Waals surface area (Å²) in [5.74, 6) is 0. The summed E-state index contributed by atoms with van der Waals surface area (Å²) in [6.45, 7) is 4.36. The highest BCUT2D eigenvalue weighted by Gasteiger charge is 2.42. The molecule has 0 spiro atoms. The number of anilines is 1. The second-order valence-corrected chi connectivity index (χ2v) is 8.23. The summed E-state index contributed by atoms with van der Waals surface area (Å²) in [7, 11) is 4.11. The summed E-state index contributed by atoms with van der Waals surface area (Å²) in [6, 6.07) is 19.3. The van der Waals surface area contributed by atoms with Gasteiger partial charge >= 0.3 is 0 Å². The van der Waals surface area contributed by atoms with Gasteiger partial charge in [0.15, 0.2) is 5.11 Å². The normalized spacial score (nSPS) is 18.9. The maximum atomic E-state index is 5.72. The molecule has 0 unspecified atom stereocenters. The summed E-state index contributed by atoms with van der Waals surface area (Å²) in [5, 5.41) is 4.29. The third-order valence-corrected chi connectivity index (χ3v) is 5.75. The van der Waals surface area contributed by atoms with E-state index in [9.17, 15) is 0 Å². The van der Waals surface area contributed by atoms with E-state index in [0.29, 0.717) is 0 Å². The van der Waals surface area contributed by atoms with Crippen molar-refractivity contribution in [3.05, 3.63) is 78.4 Å². The maximum absolute atomic E-state index is 5.72. The zero-order chi connectivity index (χ0) is 20.5. The van der Waals surface area contributed by atoms with Crippen molar-refractivity contribution in [1.82, 2.24) is 19.8 Å². The minimum Gasteiger partial charge on any atom is -0.378 e. The molecular formula is C23H27N5S. The Kier molecular flexibility index (Phi) is 5.28. The fourth-order valence-electron chi connectivity index (χ4n) is 4.02. The molecule has 1 N–H and O–H groups in total. The zero-order valence-electron chi connectivity index (χ0n) is 17.3. The Bertz CT molecular complexity index is 978. The summed E-state index contributed by atoms with van der Waals surface area (Å²) in [4.78, 5) is 9.01. The first kappa shape index (κ1) is 19.5. The molecule has 0 aliphatic carbocycles. The number of hydrogen-bond acceptors (Lipinski definition) is 3. The smallest absolute Gasteiger partial charge is 0.170 e. The molecular weight excluding hydrogens is 378 g/mol. The van der Waals surface area contributed by atoms with Gasteiger partial charge in [-0.15, -0.1) is 0 Å². The average Bonchev–Trinajstić information content (AvgIpc) is 3.32. The van der Waals surface area contributed by atoms with Crippen LogP contribution in [-0.2, 0) is 0 Å². The van der Waals surface area contributed by atoms with Crippen molar-refractivity contribution >= 4 is 23.0 Å². The summed E-state index contributed by atoms with van der Waals surface area (Å²) in [6.07, 6.45) is 3.96. The first-order chi connectivity index (χ1) is 14.0. The van der Waals surface area contributed by atoms with Crippen molar-refractivity contribution in [1.29, 1.82) is 0 Å². The van der Waals surface area contributed by atoms with Crippen LogP contribution in [0.4, 0.5) is 5.69 Å². The molecule has 0 saturated carbocycles. The quantitative estimate of drug-likeness (QED) is 0.640. The van der Waals surface area contributed by atoms with Crippen LogP contribution < -0.4 is 10.2 Å². The predicted octanol–water partition coefficient (Wildman–Crippen LogP) is 4.32. The third-order valence-electron chi connectivity index (χ3n) is 5.42. The molecule has 6 heteroatoms. The molecule has 1 aliphatic rings. The number of nitrogens with one attached hydrogen (secondary N) is 1. The highest BCUT2D eigenvalue weighted by atomic mass is 32.1. The monoisotopic (exact) mass is 405 g/mol. The van der Waals surface area contributed by atoms with Crippen LogP contribution >= 0.6 is 12.2 Å². The Morgan fingerprint density at radius 2 is 1.79 bits per heavy atom. The molecule has 2 aromatic heterocycles. The minimum absolute atomic E-state index is 0.000739. The van der Waals surface area contributed by atoms with Crippen LogP contribution in [0.5, 0.6) is 0 Å². The van der Waals surface area contributed by atoms with Crippen molar-refractivity contribution in [3.63, 3.8) is 0 Å². The highest BCUT2D eigenvalue weighted by molar-refractivity contribution is 7.80. The average molecular weight is 406 g/mol. The van der Waals surface area contributed by atoms with Crippen LogP contribution in [0.2, 0.25) is 0 Å². The van der Waals surface area contributed by atoms with E-state index >= 15 is 0 Å². The van der Waals surface area contributed by atoms with Crippen molar-refractivity contribution in [2.45, 2.75) is 32.0 Å². The lowest BCUT2D eigenvalue weighted by molar-refractivity contribution is 0.262. The molecule has 3 heterocycles. The molecule has 1 aromatic carbocycles. The van der Waals surface area contributed by atoms with E-state index in [4.69, 9.17) is 12.2 Å². The van der Waals surface area contributed by atoms with Crippen LogP contribution in [0.3, 0.4) is 0 Å². The molecule has 0 amide bonds. The van der Waals surface area contributed by atoms with Crippen LogP contribution in [-0.4, -0.2) is 39.7 Å². The molecule has 1 aliphatic heterocycles. The number of pyridine rings is 1. The second-order valence-electron chi connectivity index (χ2n) is 7.84. The van der Waals surface area contributed by atoms with Gasteiger partial charge in [-0.1, -0.05) is 6.07 Å². The Hall–Kier alpha value is -2.86. The van der Waals surface area contributed by atoms with Crippen molar-refractivity contribution < 1.29 is 0 Å². The Morgan fingerprint density at radius 3 is 2.41 bits per heavy atom. The van der Waals surface area contributed by atoms with E-state index in [1.54, 1.807) is 0 Å². The van der Waals surface area contributed by atoms with Crippen LogP contribution in [0, 0.1) is 0 Å². The number of aromatic nitrogens is 2. The molecule has 4 rings (SSSR count). The van der Waals surface area contributed by atoms with Crippen molar-refractivity contribution in [3.8, 4) is 5.69 Å². The molecule has 2 atom stereocenters. The fourth-order valence-corrected chi connectivity index (χ4v) is 4.47. The Morgan fingerprint density at radius 1 is 1.03 bits per heavy atom. The van der Waals surface area contributed by atoms with Crippen LogP contribution in [0.15, 0.2) is 67.0 Å². The zero-order valence-corrected chi connectivity index (χ0v) is 18.1. The van der Waals surface area contributed by atoms with Crippen LogP contribution in [0.25, 0.3) is 5.69 Å². The lowest BCUT2D eigenvalue weighted by Crippen LogP contribution is -2.36. The second kappa shape index (κ2) is 7.87. The van der Waals surface area contributed by atoms with Gasteiger partial charge in [0, 0.05) is 49.6 Å². The molecule has 150 valence electrons. The van der Waals surface area contributed by atoms with Gasteiger partial charge < -0.3 is 19.7 Å². The van der Waals surface area contributed by atoms with E-state index < -0.39 is 0 Å². The molecule has 1 saturated heterocycles. The lowest BCUT2D eigenvalue weighted by atomic mass is 10.0. The van der Waals surface area contributed by atoms with Gasteiger partial charge in [-0.25, -0.2) is 0 Å². The molecule has 3 aromatic rings.